The van der Waals surface area contributed by atoms with Crippen molar-refractivity contribution in [2.45, 2.75) is 6.92 Å². The average Bonchev–Trinajstić information content (AvgIpc) is 2.76. The second-order valence-corrected chi connectivity index (χ2v) is 5.10. The number of carbonyl (C=O) groups excluding carboxylic acids is 2. The highest BCUT2D eigenvalue weighted by Crippen LogP contribution is 2.29. The molecule has 0 saturated carbocycles. The summed E-state index contributed by atoms with van der Waals surface area (Å²) in [5, 5.41) is 4.70. The first kappa shape index (κ1) is 15.8. The van der Waals surface area contributed by atoms with Crippen molar-refractivity contribution in [1.82, 2.24) is 9.78 Å². The Morgan fingerprint density at radius 1 is 1.38 bits per heavy atom. The zero-order valence-electron chi connectivity index (χ0n) is 10.8. The van der Waals surface area contributed by atoms with E-state index >= 15 is 0 Å². The minimum absolute atomic E-state index is 0.0303. The molecule has 21 heavy (non-hydrogen) atoms. The van der Waals surface area contributed by atoms with Crippen LogP contribution in [0.5, 0.6) is 0 Å². The highest BCUT2D eigenvalue weighted by molar-refractivity contribution is 6.36. The number of esters is 1. The highest BCUT2D eigenvalue weighted by Gasteiger charge is 2.24. The van der Waals surface area contributed by atoms with E-state index in [0.717, 1.165) is 0 Å². The Morgan fingerprint density at radius 2 is 2.10 bits per heavy atom. The van der Waals surface area contributed by atoms with Crippen LogP contribution in [0.15, 0.2) is 18.2 Å². The van der Waals surface area contributed by atoms with E-state index in [2.05, 4.69) is 5.10 Å². The summed E-state index contributed by atoms with van der Waals surface area (Å²) in [6, 6.07) is 4.67. The molecule has 0 unspecified atom stereocenters. The van der Waals surface area contributed by atoms with Gasteiger partial charge in [0.15, 0.2) is 12.0 Å². The Morgan fingerprint density at radius 3 is 2.67 bits per heavy atom. The van der Waals surface area contributed by atoms with Gasteiger partial charge >= 0.3 is 5.97 Å². The minimum Gasteiger partial charge on any atom is -0.461 e. The van der Waals surface area contributed by atoms with Gasteiger partial charge < -0.3 is 4.74 Å². The van der Waals surface area contributed by atoms with Crippen LogP contribution in [0.1, 0.15) is 27.8 Å². The van der Waals surface area contributed by atoms with Gasteiger partial charge in [0.1, 0.15) is 5.15 Å². The van der Waals surface area contributed by atoms with E-state index in [1.165, 1.54) is 10.7 Å². The summed E-state index contributed by atoms with van der Waals surface area (Å²) in [5.74, 6) is -0.731. The average molecular weight is 348 g/mol. The van der Waals surface area contributed by atoms with E-state index in [0.29, 0.717) is 17.0 Å². The molecule has 2 aromatic rings. The smallest absolute Gasteiger partial charge is 0.359 e. The first-order valence-electron chi connectivity index (χ1n) is 5.85. The normalized spacial score (nSPS) is 10.5. The molecule has 1 heterocycles. The summed E-state index contributed by atoms with van der Waals surface area (Å²) >= 11 is 18.0. The van der Waals surface area contributed by atoms with E-state index in [1.54, 1.807) is 19.1 Å². The number of hydrogen-bond donors (Lipinski definition) is 0. The number of benzene rings is 1. The number of carbonyl (C=O) groups is 2. The number of aldehydes is 1. The van der Waals surface area contributed by atoms with E-state index in [-0.39, 0.29) is 28.0 Å². The summed E-state index contributed by atoms with van der Waals surface area (Å²) in [4.78, 5) is 22.9. The van der Waals surface area contributed by atoms with Gasteiger partial charge in [-0.1, -0.05) is 34.8 Å². The molecule has 2 rings (SSSR count). The summed E-state index contributed by atoms with van der Waals surface area (Å²) in [6.07, 6.45) is 0.446. The molecule has 0 amide bonds. The molecule has 0 bridgehead atoms. The Balaban J connectivity index is 2.60. The molecule has 110 valence electrons. The second-order valence-electron chi connectivity index (χ2n) is 3.90. The summed E-state index contributed by atoms with van der Waals surface area (Å²) in [5.41, 5.74) is 0.175. The minimum atomic E-state index is -0.731. The molecule has 1 aromatic carbocycles. The van der Waals surface area contributed by atoms with Crippen LogP contribution in [0.3, 0.4) is 0 Å². The maximum absolute atomic E-state index is 11.8. The van der Waals surface area contributed by atoms with Crippen LogP contribution >= 0.6 is 34.8 Å². The van der Waals surface area contributed by atoms with Crippen LogP contribution in [0.4, 0.5) is 0 Å². The van der Waals surface area contributed by atoms with Crippen molar-refractivity contribution in [2.75, 3.05) is 6.61 Å². The van der Waals surface area contributed by atoms with E-state index < -0.39 is 5.97 Å². The lowest BCUT2D eigenvalue weighted by molar-refractivity contribution is 0.0517. The molecule has 0 atom stereocenters. The van der Waals surface area contributed by atoms with Gasteiger partial charge in [-0.3, -0.25) is 4.79 Å². The van der Waals surface area contributed by atoms with Crippen molar-refractivity contribution in [3.63, 3.8) is 0 Å². The third-order valence-corrected chi connectivity index (χ3v) is 3.49. The Hall–Kier alpha value is -1.56. The lowest BCUT2D eigenvalue weighted by Crippen LogP contribution is -2.08. The predicted octanol–water partition coefficient (Wildman–Crippen LogP) is 3.82. The molecule has 1 aromatic heterocycles. The first-order valence-corrected chi connectivity index (χ1v) is 6.99. The van der Waals surface area contributed by atoms with Gasteiger partial charge in [0, 0.05) is 5.02 Å². The number of hydrogen-bond acceptors (Lipinski definition) is 4. The van der Waals surface area contributed by atoms with Crippen LogP contribution in [-0.2, 0) is 4.74 Å². The number of rotatable bonds is 4. The van der Waals surface area contributed by atoms with Gasteiger partial charge in [0.05, 0.1) is 22.9 Å². The molecule has 0 aliphatic carbocycles. The van der Waals surface area contributed by atoms with Crippen molar-refractivity contribution in [1.29, 1.82) is 0 Å². The molecule has 8 heteroatoms. The van der Waals surface area contributed by atoms with E-state index in [1.807, 2.05) is 0 Å². The standard InChI is InChI=1S/C13H9Cl3N2O3/c1-2-21-13(20)11-8(6-19)12(16)18(17-11)10-4-3-7(14)5-9(10)15/h3-6H,2H2,1H3. The lowest BCUT2D eigenvalue weighted by atomic mass is 10.2. The van der Waals surface area contributed by atoms with Crippen LogP contribution in [0, 0.1) is 0 Å². The molecular weight excluding hydrogens is 339 g/mol. The summed E-state index contributed by atoms with van der Waals surface area (Å²) < 4.78 is 6.03. The van der Waals surface area contributed by atoms with Crippen molar-refractivity contribution < 1.29 is 14.3 Å². The summed E-state index contributed by atoms with van der Waals surface area (Å²) in [7, 11) is 0. The zero-order valence-corrected chi connectivity index (χ0v) is 13.0. The molecule has 0 saturated heterocycles. The molecular formula is C13H9Cl3N2O3. The fourth-order valence-corrected chi connectivity index (χ4v) is 2.43. The van der Waals surface area contributed by atoms with Gasteiger partial charge in [0.2, 0.25) is 0 Å². The molecule has 0 spiro atoms. The van der Waals surface area contributed by atoms with Crippen molar-refractivity contribution in [3.8, 4) is 5.69 Å². The number of aromatic nitrogens is 2. The van der Waals surface area contributed by atoms with Crippen LogP contribution < -0.4 is 0 Å². The highest BCUT2D eigenvalue weighted by atomic mass is 35.5. The molecule has 0 fully saturated rings. The van der Waals surface area contributed by atoms with Crippen molar-refractivity contribution >= 4 is 47.1 Å². The van der Waals surface area contributed by atoms with Gasteiger partial charge in [-0.2, -0.15) is 5.10 Å². The molecule has 0 aliphatic heterocycles. The Kier molecular flexibility index (Phi) is 4.88. The molecule has 0 N–H and O–H groups in total. The van der Waals surface area contributed by atoms with E-state index in [9.17, 15) is 9.59 Å². The molecule has 5 nitrogen and oxygen atoms in total. The number of ether oxygens (including phenoxy) is 1. The lowest BCUT2D eigenvalue weighted by Gasteiger charge is -2.05. The SMILES string of the molecule is CCOC(=O)c1nn(-c2ccc(Cl)cc2Cl)c(Cl)c1C=O. The maximum atomic E-state index is 11.8. The molecule has 0 aliphatic rings. The Bertz CT molecular complexity index is 713. The molecule has 0 radical (unpaired) electrons. The third kappa shape index (κ3) is 3.05. The van der Waals surface area contributed by atoms with Crippen LogP contribution in [-0.4, -0.2) is 28.6 Å². The fraction of sp³-hybridized carbons (Fsp3) is 0.154. The van der Waals surface area contributed by atoms with Crippen molar-refractivity contribution in [2.24, 2.45) is 0 Å². The van der Waals surface area contributed by atoms with Crippen molar-refractivity contribution in [3.05, 3.63) is 44.7 Å². The topological polar surface area (TPSA) is 61.2 Å². The van der Waals surface area contributed by atoms with E-state index in [4.69, 9.17) is 39.5 Å². The van der Waals surface area contributed by atoms with Gasteiger partial charge in [-0.15, -0.1) is 0 Å². The quantitative estimate of drug-likeness (QED) is 0.623. The number of halogens is 3. The summed E-state index contributed by atoms with van der Waals surface area (Å²) in [6.45, 7) is 1.80. The zero-order chi connectivity index (χ0) is 15.6. The monoisotopic (exact) mass is 346 g/mol. The van der Waals surface area contributed by atoms with Crippen LogP contribution in [0.25, 0.3) is 5.69 Å². The van der Waals surface area contributed by atoms with Crippen LogP contribution in [0.2, 0.25) is 15.2 Å². The Labute approximate surface area is 135 Å². The first-order chi connectivity index (χ1) is 9.99. The largest absolute Gasteiger partial charge is 0.461 e. The fourth-order valence-electron chi connectivity index (χ4n) is 1.68. The third-order valence-electron chi connectivity index (χ3n) is 2.59. The second kappa shape index (κ2) is 6.47. The van der Waals surface area contributed by atoms with Gasteiger partial charge in [-0.05, 0) is 25.1 Å². The number of nitrogens with zero attached hydrogens (tertiary/aromatic N) is 2. The van der Waals surface area contributed by atoms with Gasteiger partial charge in [0.25, 0.3) is 0 Å². The van der Waals surface area contributed by atoms with Gasteiger partial charge in [-0.25, -0.2) is 9.48 Å². The predicted molar refractivity (Wildman–Crippen MR) is 79.9 cm³/mol. The maximum Gasteiger partial charge on any atom is 0.359 e.